The van der Waals surface area contributed by atoms with Crippen molar-refractivity contribution in [3.8, 4) is 0 Å². The first-order valence-electron chi connectivity index (χ1n) is 9.37. The van der Waals surface area contributed by atoms with Crippen molar-refractivity contribution in [2.45, 2.75) is 39.5 Å². The normalized spacial score (nSPS) is 15.9. The number of fused-ring (bicyclic) bond motifs is 1. The predicted molar refractivity (Wildman–Crippen MR) is 106 cm³/mol. The van der Waals surface area contributed by atoms with E-state index < -0.39 is 12.1 Å². The number of rotatable bonds is 7. The maximum atomic E-state index is 13.0. The molecule has 2 heterocycles. The molecule has 0 fully saturated rings. The fraction of sp³-hybridized carbons (Fsp3) is 0.381. The summed E-state index contributed by atoms with van der Waals surface area (Å²) in [5.41, 5.74) is 2.76. The number of benzene rings is 1. The highest BCUT2D eigenvalue weighted by Crippen LogP contribution is 2.35. The summed E-state index contributed by atoms with van der Waals surface area (Å²) in [7, 11) is 1.59. The van der Waals surface area contributed by atoms with E-state index in [1.165, 1.54) is 0 Å². The van der Waals surface area contributed by atoms with E-state index in [1.54, 1.807) is 31.4 Å². The molecule has 2 aromatic rings. The third-order valence-corrected chi connectivity index (χ3v) is 4.83. The SMILES string of the molecule is CCCCN1c2nc(C)cc(COC)c2C(=O)NC1c1ccccc1C(=O)O. The lowest BCUT2D eigenvalue weighted by atomic mass is 9.98. The number of anilines is 1. The number of carbonyl (C=O) groups is 2. The van der Waals surface area contributed by atoms with E-state index in [0.717, 1.165) is 24.1 Å². The van der Waals surface area contributed by atoms with E-state index in [4.69, 9.17) is 4.74 Å². The standard InChI is InChI=1S/C21H25N3O4/c1-4-5-10-24-18(15-8-6-7-9-16(15)21(26)27)23-20(25)17-14(12-28-3)11-13(2)22-19(17)24/h6-9,11,18H,4-5,10,12H2,1-3H3,(H,23,25)(H,26,27). The fourth-order valence-corrected chi connectivity index (χ4v) is 3.58. The van der Waals surface area contributed by atoms with Crippen molar-refractivity contribution in [3.63, 3.8) is 0 Å². The van der Waals surface area contributed by atoms with Gasteiger partial charge in [0.25, 0.3) is 5.91 Å². The summed E-state index contributed by atoms with van der Waals surface area (Å²) >= 11 is 0. The quantitative estimate of drug-likeness (QED) is 0.762. The van der Waals surface area contributed by atoms with Crippen LogP contribution in [0.25, 0.3) is 0 Å². The second-order valence-corrected chi connectivity index (χ2v) is 6.87. The Kier molecular flexibility index (Phi) is 5.94. The van der Waals surface area contributed by atoms with Crippen molar-refractivity contribution in [1.82, 2.24) is 10.3 Å². The van der Waals surface area contributed by atoms with Crippen molar-refractivity contribution in [1.29, 1.82) is 0 Å². The summed E-state index contributed by atoms with van der Waals surface area (Å²) in [6, 6.07) is 8.61. The van der Waals surface area contributed by atoms with Gasteiger partial charge in [-0.3, -0.25) is 4.79 Å². The van der Waals surface area contributed by atoms with E-state index in [1.807, 2.05) is 17.9 Å². The van der Waals surface area contributed by atoms with Crippen LogP contribution in [0.4, 0.5) is 5.82 Å². The molecular formula is C21H25N3O4. The molecule has 7 heteroatoms. The average Bonchev–Trinajstić information content (AvgIpc) is 2.66. The molecule has 0 spiro atoms. The number of carboxylic acids is 1. The number of nitrogens with one attached hydrogen (secondary N) is 1. The van der Waals surface area contributed by atoms with Gasteiger partial charge in [0.15, 0.2) is 0 Å². The number of methoxy groups -OCH3 is 1. The lowest BCUT2D eigenvalue weighted by molar-refractivity contribution is 0.0692. The first kappa shape index (κ1) is 19.8. The number of ether oxygens (including phenoxy) is 1. The van der Waals surface area contributed by atoms with E-state index >= 15 is 0 Å². The van der Waals surface area contributed by atoms with E-state index in [-0.39, 0.29) is 11.5 Å². The van der Waals surface area contributed by atoms with Crippen LogP contribution in [0.3, 0.4) is 0 Å². The van der Waals surface area contributed by atoms with Crippen LogP contribution in [0, 0.1) is 6.92 Å². The van der Waals surface area contributed by atoms with Gasteiger partial charge >= 0.3 is 5.97 Å². The second kappa shape index (κ2) is 8.39. The molecule has 1 atom stereocenters. The molecule has 1 aliphatic rings. The van der Waals surface area contributed by atoms with Gasteiger partial charge in [-0.15, -0.1) is 0 Å². The smallest absolute Gasteiger partial charge is 0.336 e. The van der Waals surface area contributed by atoms with Crippen LogP contribution in [-0.4, -0.2) is 35.6 Å². The topological polar surface area (TPSA) is 91.8 Å². The number of hydrogen-bond acceptors (Lipinski definition) is 5. The highest BCUT2D eigenvalue weighted by molar-refractivity contribution is 6.03. The molecule has 1 aromatic heterocycles. The van der Waals surface area contributed by atoms with Crippen molar-refractivity contribution >= 4 is 17.7 Å². The minimum Gasteiger partial charge on any atom is -0.478 e. The Bertz CT molecular complexity index is 897. The van der Waals surface area contributed by atoms with Crippen LogP contribution in [0.15, 0.2) is 30.3 Å². The maximum Gasteiger partial charge on any atom is 0.336 e. The van der Waals surface area contributed by atoms with Gasteiger partial charge in [0, 0.05) is 24.9 Å². The summed E-state index contributed by atoms with van der Waals surface area (Å²) in [4.78, 5) is 31.4. The molecule has 0 saturated heterocycles. The van der Waals surface area contributed by atoms with Crippen LogP contribution >= 0.6 is 0 Å². The molecule has 1 aliphatic heterocycles. The first-order chi connectivity index (χ1) is 13.5. The van der Waals surface area contributed by atoms with Gasteiger partial charge in [-0.1, -0.05) is 31.5 Å². The summed E-state index contributed by atoms with van der Waals surface area (Å²) in [5.74, 6) is -0.717. The van der Waals surface area contributed by atoms with Crippen LogP contribution in [0.5, 0.6) is 0 Å². The largest absolute Gasteiger partial charge is 0.478 e. The molecule has 148 valence electrons. The van der Waals surface area contributed by atoms with Gasteiger partial charge in [0.2, 0.25) is 0 Å². The number of pyridine rings is 1. The molecule has 3 rings (SSSR count). The summed E-state index contributed by atoms with van der Waals surface area (Å²) in [6.45, 7) is 4.91. The molecule has 0 radical (unpaired) electrons. The Morgan fingerprint density at radius 2 is 2.11 bits per heavy atom. The predicted octanol–water partition coefficient (Wildman–Crippen LogP) is 3.28. The molecule has 2 N–H and O–H groups in total. The van der Waals surface area contributed by atoms with Gasteiger partial charge in [-0.2, -0.15) is 0 Å². The van der Waals surface area contributed by atoms with Gasteiger partial charge in [0.1, 0.15) is 12.0 Å². The molecule has 1 amide bonds. The molecular weight excluding hydrogens is 358 g/mol. The lowest BCUT2D eigenvalue weighted by Gasteiger charge is -2.39. The maximum absolute atomic E-state index is 13.0. The number of aryl methyl sites for hydroxylation is 1. The van der Waals surface area contributed by atoms with Crippen molar-refractivity contribution < 1.29 is 19.4 Å². The zero-order valence-electron chi connectivity index (χ0n) is 16.4. The number of aromatic nitrogens is 1. The van der Waals surface area contributed by atoms with Crippen molar-refractivity contribution in [2.75, 3.05) is 18.6 Å². The molecule has 28 heavy (non-hydrogen) atoms. The van der Waals surface area contributed by atoms with Crippen LogP contribution < -0.4 is 10.2 Å². The van der Waals surface area contributed by atoms with Gasteiger partial charge in [0.05, 0.1) is 17.7 Å². The average molecular weight is 383 g/mol. The Balaban J connectivity index is 2.17. The molecule has 0 aliphatic carbocycles. The van der Waals surface area contributed by atoms with Crippen LogP contribution in [0.1, 0.15) is 63.5 Å². The highest BCUT2D eigenvalue weighted by atomic mass is 16.5. The molecule has 1 unspecified atom stereocenters. The number of aromatic carboxylic acids is 1. The number of nitrogens with zero attached hydrogens (tertiary/aromatic N) is 2. The van der Waals surface area contributed by atoms with Gasteiger partial charge in [-0.05, 0) is 31.0 Å². The minimum atomic E-state index is -1.02. The number of carboxylic acid groups (broad SMARTS) is 1. The van der Waals surface area contributed by atoms with Crippen LogP contribution in [0.2, 0.25) is 0 Å². The zero-order chi connectivity index (χ0) is 20.3. The zero-order valence-corrected chi connectivity index (χ0v) is 16.4. The van der Waals surface area contributed by atoms with E-state index in [2.05, 4.69) is 17.2 Å². The second-order valence-electron chi connectivity index (χ2n) is 6.87. The molecule has 0 bridgehead atoms. The van der Waals surface area contributed by atoms with Gasteiger partial charge in [-0.25, -0.2) is 9.78 Å². The Morgan fingerprint density at radius 3 is 2.79 bits per heavy atom. The molecule has 7 nitrogen and oxygen atoms in total. The van der Waals surface area contributed by atoms with Crippen molar-refractivity contribution in [3.05, 3.63) is 58.3 Å². The summed E-state index contributed by atoms with van der Waals surface area (Å²) in [6.07, 6.45) is 1.25. The summed E-state index contributed by atoms with van der Waals surface area (Å²) in [5, 5.41) is 12.6. The van der Waals surface area contributed by atoms with Crippen molar-refractivity contribution in [2.24, 2.45) is 0 Å². The number of hydrogen-bond donors (Lipinski definition) is 2. The third-order valence-electron chi connectivity index (χ3n) is 4.83. The third kappa shape index (κ3) is 3.71. The Hall–Kier alpha value is -2.93. The minimum absolute atomic E-state index is 0.169. The van der Waals surface area contributed by atoms with Crippen LogP contribution in [-0.2, 0) is 11.3 Å². The number of unbranched alkanes of at least 4 members (excludes halogenated alkanes) is 1. The van der Waals surface area contributed by atoms with E-state index in [9.17, 15) is 14.7 Å². The number of carbonyl (C=O) groups excluding carboxylic acids is 1. The molecule has 1 aromatic carbocycles. The lowest BCUT2D eigenvalue weighted by Crippen LogP contribution is -2.48. The highest BCUT2D eigenvalue weighted by Gasteiger charge is 2.36. The summed E-state index contributed by atoms with van der Waals surface area (Å²) < 4.78 is 5.27. The number of amides is 1. The Labute approximate surface area is 164 Å². The van der Waals surface area contributed by atoms with E-state index in [0.29, 0.717) is 30.1 Å². The monoisotopic (exact) mass is 383 g/mol. The fourth-order valence-electron chi connectivity index (χ4n) is 3.58. The molecule has 0 saturated carbocycles. The Morgan fingerprint density at radius 1 is 1.36 bits per heavy atom. The van der Waals surface area contributed by atoms with Gasteiger partial charge < -0.3 is 20.1 Å². The first-order valence-corrected chi connectivity index (χ1v) is 9.37.